The van der Waals surface area contributed by atoms with Crippen LogP contribution < -0.4 is 10.1 Å². The normalized spacial score (nSPS) is 12.0. The van der Waals surface area contributed by atoms with E-state index in [1.54, 1.807) is 19.1 Å². The number of halogens is 2. The Hall–Kier alpha value is -1.88. The van der Waals surface area contributed by atoms with Crippen LogP contribution in [-0.4, -0.2) is 16.1 Å². The molecule has 1 aromatic carbocycles. The van der Waals surface area contributed by atoms with Gasteiger partial charge in [0.15, 0.2) is 0 Å². The van der Waals surface area contributed by atoms with Crippen molar-refractivity contribution < 1.29 is 9.13 Å². The summed E-state index contributed by atoms with van der Waals surface area (Å²) in [6, 6.07) is 6.10. The molecule has 1 unspecified atom stereocenters. The van der Waals surface area contributed by atoms with Crippen molar-refractivity contribution in [2.75, 3.05) is 5.32 Å². The van der Waals surface area contributed by atoms with Crippen LogP contribution in [0.4, 0.5) is 15.9 Å². The van der Waals surface area contributed by atoms with Crippen molar-refractivity contribution >= 4 is 23.1 Å². The third kappa shape index (κ3) is 4.29. The van der Waals surface area contributed by atoms with E-state index in [0.717, 1.165) is 6.42 Å². The molecule has 0 bridgehead atoms. The van der Waals surface area contributed by atoms with E-state index < -0.39 is 5.82 Å². The fourth-order valence-corrected chi connectivity index (χ4v) is 1.86. The molecule has 6 heteroatoms. The van der Waals surface area contributed by atoms with Crippen molar-refractivity contribution in [1.82, 2.24) is 9.97 Å². The van der Waals surface area contributed by atoms with Gasteiger partial charge >= 0.3 is 0 Å². The molecular formula is C15H17ClFN3O. The van der Waals surface area contributed by atoms with Gasteiger partial charge in [0, 0.05) is 11.8 Å². The SMILES string of the molecule is CCC(C)Oc1cc(Nc2ccc(F)c(Cl)c2)nc(C)n1. The molecule has 1 atom stereocenters. The number of anilines is 2. The predicted octanol–water partition coefficient (Wildman–Crippen LogP) is 4.50. The highest BCUT2D eigenvalue weighted by atomic mass is 35.5. The molecule has 2 aromatic rings. The Labute approximate surface area is 128 Å². The average molecular weight is 310 g/mol. The number of benzene rings is 1. The van der Waals surface area contributed by atoms with Gasteiger partial charge in [-0.05, 0) is 38.5 Å². The number of ether oxygens (including phenoxy) is 1. The van der Waals surface area contributed by atoms with Gasteiger partial charge in [0.1, 0.15) is 17.5 Å². The fraction of sp³-hybridized carbons (Fsp3) is 0.333. The average Bonchev–Trinajstić information content (AvgIpc) is 2.42. The summed E-state index contributed by atoms with van der Waals surface area (Å²) in [5.74, 6) is 1.21. The first-order valence-corrected chi connectivity index (χ1v) is 7.10. The van der Waals surface area contributed by atoms with Crippen LogP contribution >= 0.6 is 11.6 Å². The summed E-state index contributed by atoms with van der Waals surface area (Å²) in [5, 5.41) is 3.12. The van der Waals surface area contributed by atoms with Crippen molar-refractivity contribution in [3.63, 3.8) is 0 Å². The van der Waals surface area contributed by atoms with Crippen LogP contribution in [0.1, 0.15) is 26.1 Å². The first-order chi connectivity index (χ1) is 9.97. The fourth-order valence-electron chi connectivity index (χ4n) is 1.68. The summed E-state index contributed by atoms with van der Waals surface area (Å²) < 4.78 is 18.8. The number of hydrogen-bond donors (Lipinski definition) is 1. The maximum Gasteiger partial charge on any atom is 0.218 e. The third-order valence-electron chi connectivity index (χ3n) is 2.90. The maximum absolute atomic E-state index is 13.1. The molecule has 2 rings (SSSR count). The van der Waals surface area contributed by atoms with Crippen LogP contribution in [-0.2, 0) is 0 Å². The third-order valence-corrected chi connectivity index (χ3v) is 3.19. The van der Waals surface area contributed by atoms with Crippen LogP contribution in [0, 0.1) is 12.7 Å². The number of nitrogens with one attached hydrogen (secondary N) is 1. The lowest BCUT2D eigenvalue weighted by Crippen LogP contribution is -2.11. The zero-order valence-electron chi connectivity index (χ0n) is 12.2. The van der Waals surface area contributed by atoms with Gasteiger partial charge in [0.2, 0.25) is 5.88 Å². The first kappa shape index (κ1) is 15.5. The lowest BCUT2D eigenvalue weighted by molar-refractivity contribution is 0.208. The minimum Gasteiger partial charge on any atom is -0.475 e. The Balaban J connectivity index is 2.21. The number of aromatic nitrogens is 2. The number of nitrogens with zero attached hydrogens (tertiary/aromatic N) is 2. The minimum absolute atomic E-state index is 0.0573. The zero-order valence-corrected chi connectivity index (χ0v) is 12.9. The molecule has 0 aliphatic carbocycles. The molecule has 0 aliphatic heterocycles. The highest BCUT2D eigenvalue weighted by molar-refractivity contribution is 6.31. The van der Waals surface area contributed by atoms with Crippen molar-refractivity contribution in [2.24, 2.45) is 0 Å². The molecule has 4 nitrogen and oxygen atoms in total. The molecule has 0 radical (unpaired) electrons. The molecule has 1 aromatic heterocycles. The molecule has 1 N–H and O–H groups in total. The van der Waals surface area contributed by atoms with E-state index in [-0.39, 0.29) is 11.1 Å². The minimum atomic E-state index is -0.457. The molecular weight excluding hydrogens is 293 g/mol. The van der Waals surface area contributed by atoms with Gasteiger partial charge in [-0.1, -0.05) is 18.5 Å². The summed E-state index contributed by atoms with van der Waals surface area (Å²) in [7, 11) is 0. The van der Waals surface area contributed by atoms with Gasteiger partial charge in [-0.2, -0.15) is 4.98 Å². The standard InChI is InChI=1S/C15H17ClFN3O/c1-4-9(2)21-15-8-14(18-10(3)19-15)20-11-5-6-13(17)12(16)7-11/h5-9H,4H2,1-3H3,(H,18,19,20). The Morgan fingerprint density at radius 3 is 2.76 bits per heavy atom. The molecule has 0 aliphatic rings. The molecule has 0 amide bonds. The van der Waals surface area contributed by atoms with Crippen LogP contribution in [0.15, 0.2) is 24.3 Å². The Morgan fingerprint density at radius 2 is 2.10 bits per heavy atom. The van der Waals surface area contributed by atoms with E-state index in [2.05, 4.69) is 15.3 Å². The van der Waals surface area contributed by atoms with E-state index in [1.807, 2.05) is 13.8 Å². The van der Waals surface area contributed by atoms with Crippen molar-refractivity contribution in [2.45, 2.75) is 33.3 Å². The zero-order chi connectivity index (χ0) is 15.4. The second-order valence-electron chi connectivity index (χ2n) is 4.73. The van der Waals surface area contributed by atoms with Gasteiger partial charge in [-0.25, -0.2) is 9.37 Å². The smallest absolute Gasteiger partial charge is 0.218 e. The number of hydrogen-bond acceptors (Lipinski definition) is 4. The van der Waals surface area contributed by atoms with Crippen LogP contribution in [0.25, 0.3) is 0 Å². The summed E-state index contributed by atoms with van der Waals surface area (Å²) in [6.07, 6.45) is 0.965. The monoisotopic (exact) mass is 309 g/mol. The summed E-state index contributed by atoms with van der Waals surface area (Å²) >= 11 is 5.76. The van der Waals surface area contributed by atoms with Gasteiger partial charge in [-0.3, -0.25) is 0 Å². The van der Waals surface area contributed by atoms with Crippen LogP contribution in [0.5, 0.6) is 5.88 Å². The van der Waals surface area contributed by atoms with Gasteiger partial charge in [-0.15, -0.1) is 0 Å². The van der Waals surface area contributed by atoms with E-state index >= 15 is 0 Å². The summed E-state index contributed by atoms with van der Waals surface area (Å²) in [6.45, 7) is 5.80. The summed E-state index contributed by atoms with van der Waals surface area (Å²) in [4.78, 5) is 8.51. The molecule has 112 valence electrons. The Morgan fingerprint density at radius 1 is 1.33 bits per heavy atom. The number of rotatable bonds is 5. The molecule has 0 saturated carbocycles. The Bertz CT molecular complexity index is 636. The van der Waals surface area contributed by atoms with Gasteiger partial charge in [0.05, 0.1) is 11.1 Å². The maximum atomic E-state index is 13.1. The van der Waals surface area contributed by atoms with E-state index in [0.29, 0.717) is 23.2 Å². The first-order valence-electron chi connectivity index (χ1n) is 6.72. The second-order valence-corrected chi connectivity index (χ2v) is 5.14. The Kier molecular flexibility index (Phi) is 4.96. The highest BCUT2D eigenvalue weighted by Crippen LogP contribution is 2.23. The molecule has 1 heterocycles. The predicted molar refractivity (Wildman–Crippen MR) is 81.8 cm³/mol. The topological polar surface area (TPSA) is 47.0 Å². The lowest BCUT2D eigenvalue weighted by atomic mass is 10.3. The molecule has 21 heavy (non-hydrogen) atoms. The van der Waals surface area contributed by atoms with Gasteiger partial charge < -0.3 is 10.1 Å². The van der Waals surface area contributed by atoms with E-state index in [1.165, 1.54) is 12.1 Å². The van der Waals surface area contributed by atoms with Crippen molar-refractivity contribution in [3.8, 4) is 5.88 Å². The summed E-state index contributed by atoms with van der Waals surface area (Å²) in [5.41, 5.74) is 0.647. The van der Waals surface area contributed by atoms with Crippen molar-refractivity contribution in [1.29, 1.82) is 0 Å². The molecule has 0 spiro atoms. The highest BCUT2D eigenvalue weighted by Gasteiger charge is 2.08. The van der Waals surface area contributed by atoms with Crippen molar-refractivity contribution in [3.05, 3.63) is 40.9 Å². The van der Waals surface area contributed by atoms with Gasteiger partial charge in [0.25, 0.3) is 0 Å². The van der Waals surface area contributed by atoms with Crippen LogP contribution in [0.3, 0.4) is 0 Å². The second kappa shape index (κ2) is 6.72. The molecule has 0 saturated heterocycles. The van der Waals surface area contributed by atoms with E-state index in [9.17, 15) is 4.39 Å². The quantitative estimate of drug-likeness (QED) is 0.883. The van der Waals surface area contributed by atoms with E-state index in [4.69, 9.17) is 16.3 Å². The lowest BCUT2D eigenvalue weighted by Gasteiger charge is -2.13. The molecule has 0 fully saturated rings. The van der Waals surface area contributed by atoms with Crippen LogP contribution in [0.2, 0.25) is 5.02 Å². The number of aryl methyl sites for hydroxylation is 1. The largest absolute Gasteiger partial charge is 0.475 e.